The summed E-state index contributed by atoms with van der Waals surface area (Å²) in [4.78, 5) is 0. The Morgan fingerprint density at radius 3 is 2.67 bits per heavy atom. The molecule has 6 heavy (non-hydrogen) atoms. The fourth-order valence-corrected chi connectivity index (χ4v) is 0.256. The standard InChI is InChI=1S/C4H11NO.H2/c1-2-3-4-5-6;/h5-6H,2-4H2,1H3;1H. The highest BCUT2D eigenvalue weighted by Gasteiger charge is 1.74. The van der Waals surface area contributed by atoms with E-state index in [1.165, 1.54) is 0 Å². The number of nitrogens with one attached hydrogen (secondary N) is 1. The first-order chi connectivity index (χ1) is 2.91. The van der Waals surface area contributed by atoms with Gasteiger partial charge in [0.2, 0.25) is 0 Å². The smallest absolute Gasteiger partial charge is 0.0207 e. The fraction of sp³-hybridized carbons (Fsp3) is 1.00. The number of hydrogen-bond donors (Lipinski definition) is 2. The van der Waals surface area contributed by atoms with E-state index in [-0.39, 0.29) is 1.43 Å². The van der Waals surface area contributed by atoms with Crippen molar-refractivity contribution < 1.29 is 6.63 Å². The van der Waals surface area contributed by atoms with Crippen LogP contribution in [-0.2, 0) is 0 Å². The zero-order chi connectivity index (χ0) is 4.83. The van der Waals surface area contributed by atoms with Crippen molar-refractivity contribution in [1.29, 1.82) is 0 Å². The average Bonchev–Trinajstić information content (AvgIpc) is 1.61. The van der Waals surface area contributed by atoms with Crippen LogP contribution >= 0.6 is 0 Å². The van der Waals surface area contributed by atoms with Crippen LogP contribution in [0.25, 0.3) is 0 Å². The van der Waals surface area contributed by atoms with E-state index in [4.69, 9.17) is 5.21 Å². The zero-order valence-corrected chi connectivity index (χ0v) is 4.07. The van der Waals surface area contributed by atoms with E-state index in [0.29, 0.717) is 0 Å². The lowest BCUT2D eigenvalue weighted by Crippen LogP contribution is -2.07. The molecule has 0 aliphatic heterocycles. The first kappa shape index (κ1) is 5.92. The van der Waals surface area contributed by atoms with Crippen LogP contribution in [0.5, 0.6) is 0 Å². The minimum atomic E-state index is 0. The van der Waals surface area contributed by atoms with Crippen LogP contribution in [0.3, 0.4) is 0 Å². The molecule has 0 aliphatic rings. The molecule has 40 valence electrons. The molecule has 0 aromatic carbocycles. The molecule has 0 heterocycles. The van der Waals surface area contributed by atoms with E-state index in [1.807, 2.05) is 0 Å². The third-order valence-corrected chi connectivity index (χ3v) is 0.642. The fourth-order valence-electron chi connectivity index (χ4n) is 0.256. The molecule has 0 fully saturated rings. The van der Waals surface area contributed by atoms with Gasteiger partial charge >= 0.3 is 0 Å². The summed E-state index contributed by atoms with van der Waals surface area (Å²) < 4.78 is 0. The molecular formula is C4H13NO. The predicted molar refractivity (Wildman–Crippen MR) is 26.8 cm³/mol. The Kier molecular flexibility index (Phi) is 4.85. The summed E-state index contributed by atoms with van der Waals surface area (Å²) in [7, 11) is 0. The van der Waals surface area contributed by atoms with Crippen LogP contribution in [-0.4, -0.2) is 11.8 Å². The molecule has 0 aromatic heterocycles. The van der Waals surface area contributed by atoms with Gasteiger partial charge in [0.15, 0.2) is 0 Å². The van der Waals surface area contributed by atoms with Crippen molar-refractivity contribution in [3.05, 3.63) is 0 Å². The summed E-state index contributed by atoms with van der Waals surface area (Å²) in [5.41, 5.74) is 2.07. The average molecular weight is 91.2 g/mol. The monoisotopic (exact) mass is 91.1 g/mol. The van der Waals surface area contributed by atoms with Gasteiger partial charge in [0, 0.05) is 7.97 Å². The predicted octanol–water partition coefficient (Wildman–Crippen LogP) is 1.01. The van der Waals surface area contributed by atoms with Crippen LogP contribution in [0.1, 0.15) is 21.2 Å². The maximum atomic E-state index is 7.95. The van der Waals surface area contributed by atoms with Gasteiger partial charge in [-0.1, -0.05) is 13.3 Å². The highest BCUT2D eigenvalue weighted by molar-refractivity contribution is 4.30. The third-order valence-electron chi connectivity index (χ3n) is 0.642. The Morgan fingerprint density at radius 2 is 2.50 bits per heavy atom. The lowest BCUT2D eigenvalue weighted by atomic mass is 10.3. The van der Waals surface area contributed by atoms with Crippen molar-refractivity contribution in [2.24, 2.45) is 0 Å². The summed E-state index contributed by atoms with van der Waals surface area (Å²) in [6.45, 7) is 2.80. The molecule has 0 radical (unpaired) electrons. The Morgan fingerprint density at radius 1 is 1.83 bits per heavy atom. The minimum Gasteiger partial charge on any atom is -0.317 e. The van der Waals surface area contributed by atoms with Crippen LogP contribution in [0, 0.1) is 0 Å². The number of unbranched alkanes of at least 4 members (excludes halogenated alkanes) is 1. The molecule has 0 aliphatic carbocycles. The van der Waals surface area contributed by atoms with E-state index in [0.717, 1.165) is 19.4 Å². The number of rotatable bonds is 3. The lowest BCUT2D eigenvalue weighted by molar-refractivity contribution is 0.165. The minimum absolute atomic E-state index is 0. The first-order valence-electron chi connectivity index (χ1n) is 2.28. The molecule has 0 rings (SSSR count). The number of hydrogen-bond acceptors (Lipinski definition) is 2. The normalized spacial score (nSPS) is 9.00. The van der Waals surface area contributed by atoms with Crippen molar-refractivity contribution in [2.45, 2.75) is 19.8 Å². The van der Waals surface area contributed by atoms with Gasteiger partial charge in [0.05, 0.1) is 0 Å². The molecule has 0 atom stereocenters. The largest absolute Gasteiger partial charge is 0.317 e. The van der Waals surface area contributed by atoms with Gasteiger partial charge in [0.25, 0.3) is 0 Å². The molecule has 2 nitrogen and oxygen atoms in total. The first-order valence-corrected chi connectivity index (χ1v) is 2.28. The molecule has 0 bridgehead atoms. The van der Waals surface area contributed by atoms with Crippen LogP contribution in [0.15, 0.2) is 0 Å². The summed E-state index contributed by atoms with van der Waals surface area (Å²) in [6.07, 6.45) is 2.18. The third kappa shape index (κ3) is 3.92. The molecular weight excluding hydrogens is 78.0 g/mol. The molecule has 0 aromatic rings. The summed E-state index contributed by atoms with van der Waals surface area (Å²) in [5.74, 6) is 0. The van der Waals surface area contributed by atoms with Crippen molar-refractivity contribution >= 4 is 0 Å². The highest BCUT2D eigenvalue weighted by Crippen LogP contribution is 1.79. The van der Waals surface area contributed by atoms with Gasteiger partial charge in [-0.05, 0) is 6.42 Å². The maximum absolute atomic E-state index is 7.95. The zero-order valence-electron chi connectivity index (χ0n) is 4.07. The van der Waals surface area contributed by atoms with Gasteiger partial charge in [-0.15, -0.1) is 0 Å². The van der Waals surface area contributed by atoms with Gasteiger partial charge in [-0.2, -0.15) is 0 Å². The van der Waals surface area contributed by atoms with E-state index >= 15 is 0 Å². The molecule has 2 heteroatoms. The van der Waals surface area contributed by atoms with Gasteiger partial charge in [-0.25, -0.2) is 5.48 Å². The topological polar surface area (TPSA) is 32.3 Å². The molecule has 0 saturated carbocycles. The Labute approximate surface area is 39.6 Å². The second-order valence-corrected chi connectivity index (χ2v) is 1.26. The van der Waals surface area contributed by atoms with Crippen molar-refractivity contribution in [2.75, 3.05) is 6.54 Å². The summed E-state index contributed by atoms with van der Waals surface area (Å²) in [6, 6.07) is 0. The van der Waals surface area contributed by atoms with E-state index in [1.54, 1.807) is 0 Å². The SMILES string of the molecule is CCCCNO.[HH]. The van der Waals surface area contributed by atoms with Crippen LogP contribution in [0.2, 0.25) is 0 Å². The van der Waals surface area contributed by atoms with E-state index < -0.39 is 0 Å². The van der Waals surface area contributed by atoms with Gasteiger partial charge in [-0.3, -0.25) is 0 Å². The quantitative estimate of drug-likeness (QED) is 0.401. The summed E-state index contributed by atoms with van der Waals surface area (Å²) in [5, 5.41) is 7.95. The van der Waals surface area contributed by atoms with E-state index in [2.05, 4.69) is 12.4 Å². The van der Waals surface area contributed by atoms with E-state index in [9.17, 15) is 0 Å². The summed E-state index contributed by atoms with van der Waals surface area (Å²) >= 11 is 0. The second kappa shape index (κ2) is 4.92. The maximum Gasteiger partial charge on any atom is 0.0207 e. The Balaban J connectivity index is 0. The lowest BCUT2D eigenvalue weighted by Gasteiger charge is -1.88. The highest BCUT2D eigenvalue weighted by atomic mass is 16.5. The molecule has 0 saturated heterocycles. The molecule has 0 spiro atoms. The Bertz CT molecular complexity index is 23.7. The van der Waals surface area contributed by atoms with Crippen LogP contribution < -0.4 is 5.48 Å². The Hall–Kier alpha value is -0.0800. The van der Waals surface area contributed by atoms with Crippen molar-refractivity contribution in [1.82, 2.24) is 5.48 Å². The van der Waals surface area contributed by atoms with Crippen LogP contribution in [0.4, 0.5) is 0 Å². The van der Waals surface area contributed by atoms with Gasteiger partial charge < -0.3 is 5.21 Å². The van der Waals surface area contributed by atoms with Crippen molar-refractivity contribution in [3.63, 3.8) is 0 Å². The molecule has 0 unspecified atom stereocenters. The second-order valence-electron chi connectivity index (χ2n) is 1.26. The number of hydroxylamine groups is 1. The molecule has 0 amide bonds. The van der Waals surface area contributed by atoms with Gasteiger partial charge in [0.1, 0.15) is 0 Å². The molecule has 2 N–H and O–H groups in total. The van der Waals surface area contributed by atoms with Crippen molar-refractivity contribution in [3.8, 4) is 0 Å².